The van der Waals surface area contributed by atoms with Gasteiger partial charge in [-0.05, 0) is 38.7 Å². The first-order valence-corrected chi connectivity index (χ1v) is 8.19. The molecule has 1 aliphatic heterocycles. The average molecular weight is 313 g/mol. The zero-order valence-electron chi connectivity index (χ0n) is 13.7. The van der Waals surface area contributed by atoms with E-state index < -0.39 is 0 Å². The quantitative estimate of drug-likeness (QED) is 0.938. The standard InChI is InChI=1S/C17H23N5O/c1-12-15(13(2)21-20-12)3-4-17(23)22-9-5-14(6-10-22)16-11-18-7-8-19-16/h7-8,11,14H,3-6,9-10H2,1-2H3,(H,20,21). The van der Waals surface area contributed by atoms with Crippen LogP contribution in [0.3, 0.4) is 0 Å². The van der Waals surface area contributed by atoms with Crippen LogP contribution in [0.25, 0.3) is 0 Å². The Hall–Kier alpha value is -2.24. The molecule has 0 radical (unpaired) electrons. The SMILES string of the molecule is Cc1n[nH]c(C)c1CCC(=O)N1CCC(c2cnccn2)CC1. The molecule has 6 heteroatoms. The van der Waals surface area contributed by atoms with Crippen LogP contribution in [0.4, 0.5) is 0 Å². The van der Waals surface area contributed by atoms with Crippen molar-refractivity contribution in [2.75, 3.05) is 13.1 Å². The van der Waals surface area contributed by atoms with Crippen molar-refractivity contribution in [3.63, 3.8) is 0 Å². The van der Waals surface area contributed by atoms with Crippen molar-refractivity contribution in [2.45, 2.75) is 45.4 Å². The van der Waals surface area contributed by atoms with Crippen molar-refractivity contribution >= 4 is 5.91 Å². The fraction of sp³-hybridized carbons (Fsp3) is 0.529. The number of aryl methyl sites for hydroxylation is 2. The van der Waals surface area contributed by atoms with Gasteiger partial charge in [-0.25, -0.2) is 0 Å². The molecule has 0 aliphatic carbocycles. The maximum absolute atomic E-state index is 12.4. The van der Waals surface area contributed by atoms with Gasteiger partial charge in [0.05, 0.1) is 11.4 Å². The highest BCUT2D eigenvalue weighted by molar-refractivity contribution is 5.76. The lowest BCUT2D eigenvalue weighted by atomic mass is 9.93. The molecule has 0 bridgehead atoms. The first-order valence-electron chi connectivity index (χ1n) is 8.19. The molecule has 6 nitrogen and oxygen atoms in total. The first kappa shape index (κ1) is 15.6. The van der Waals surface area contributed by atoms with E-state index in [1.165, 1.54) is 5.56 Å². The average Bonchev–Trinajstić information content (AvgIpc) is 2.92. The summed E-state index contributed by atoms with van der Waals surface area (Å²) in [4.78, 5) is 22.9. The predicted molar refractivity (Wildman–Crippen MR) is 87.0 cm³/mol. The molecule has 3 rings (SSSR count). The Kier molecular flexibility index (Phi) is 4.69. The molecule has 2 aromatic heterocycles. The summed E-state index contributed by atoms with van der Waals surface area (Å²) < 4.78 is 0. The van der Waals surface area contributed by atoms with Crippen LogP contribution in [-0.2, 0) is 11.2 Å². The Morgan fingerprint density at radius 2 is 2.09 bits per heavy atom. The number of aromatic nitrogens is 4. The third-order valence-corrected chi connectivity index (χ3v) is 4.72. The molecule has 0 saturated carbocycles. The van der Waals surface area contributed by atoms with Gasteiger partial charge >= 0.3 is 0 Å². The number of carbonyl (C=O) groups excluding carboxylic acids is 1. The van der Waals surface area contributed by atoms with Gasteiger partial charge in [-0.15, -0.1) is 0 Å². The fourth-order valence-electron chi connectivity index (χ4n) is 3.28. The summed E-state index contributed by atoms with van der Waals surface area (Å²) in [6.45, 7) is 5.61. The highest BCUT2D eigenvalue weighted by Crippen LogP contribution is 2.26. The molecule has 0 atom stereocenters. The zero-order valence-corrected chi connectivity index (χ0v) is 13.7. The highest BCUT2D eigenvalue weighted by atomic mass is 16.2. The van der Waals surface area contributed by atoms with Crippen LogP contribution in [-0.4, -0.2) is 44.1 Å². The molecule has 0 unspecified atom stereocenters. The number of hydrogen-bond acceptors (Lipinski definition) is 4. The summed E-state index contributed by atoms with van der Waals surface area (Å²) in [5.74, 6) is 0.661. The molecule has 1 aliphatic rings. The Bertz CT molecular complexity index is 639. The monoisotopic (exact) mass is 313 g/mol. The van der Waals surface area contributed by atoms with Gasteiger partial charge in [0.1, 0.15) is 0 Å². The van der Waals surface area contributed by atoms with E-state index in [-0.39, 0.29) is 5.91 Å². The molecule has 1 fully saturated rings. The van der Waals surface area contributed by atoms with Crippen molar-refractivity contribution in [3.05, 3.63) is 41.2 Å². The fourth-order valence-corrected chi connectivity index (χ4v) is 3.28. The number of H-pyrrole nitrogens is 1. The summed E-state index contributed by atoms with van der Waals surface area (Å²) in [6, 6.07) is 0. The van der Waals surface area contributed by atoms with Crippen LogP contribution in [0.5, 0.6) is 0 Å². The van der Waals surface area contributed by atoms with E-state index >= 15 is 0 Å². The number of nitrogens with one attached hydrogen (secondary N) is 1. The minimum atomic E-state index is 0.239. The van der Waals surface area contributed by atoms with Gasteiger partial charge in [-0.3, -0.25) is 19.9 Å². The summed E-state index contributed by atoms with van der Waals surface area (Å²) in [5, 5.41) is 7.16. The van der Waals surface area contributed by atoms with Crippen LogP contribution in [0.2, 0.25) is 0 Å². The molecule has 0 aromatic carbocycles. The molecule has 2 aromatic rings. The van der Waals surface area contributed by atoms with E-state index in [0.717, 1.165) is 49.4 Å². The third kappa shape index (κ3) is 3.57. The van der Waals surface area contributed by atoms with Crippen LogP contribution >= 0.6 is 0 Å². The zero-order chi connectivity index (χ0) is 16.2. The van der Waals surface area contributed by atoms with Gasteiger partial charge in [0.25, 0.3) is 0 Å². The Morgan fingerprint density at radius 1 is 1.30 bits per heavy atom. The normalized spacial score (nSPS) is 15.8. The van der Waals surface area contributed by atoms with E-state index in [1.807, 2.05) is 24.9 Å². The molecular formula is C17H23N5O. The topological polar surface area (TPSA) is 74.8 Å². The van der Waals surface area contributed by atoms with E-state index in [2.05, 4.69) is 20.2 Å². The third-order valence-electron chi connectivity index (χ3n) is 4.72. The maximum atomic E-state index is 12.4. The minimum absolute atomic E-state index is 0.239. The summed E-state index contributed by atoms with van der Waals surface area (Å²) in [6.07, 6.45) is 8.52. The van der Waals surface area contributed by atoms with Crippen molar-refractivity contribution in [1.82, 2.24) is 25.1 Å². The van der Waals surface area contributed by atoms with Crippen LogP contribution in [0.15, 0.2) is 18.6 Å². The van der Waals surface area contributed by atoms with E-state index in [1.54, 1.807) is 12.4 Å². The van der Waals surface area contributed by atoms with Gasteiger partial charge in [-0.1, -0.05) is 0 Å². The number of aromatic amines is 1. The number of nitrogens with zero attached hydrogens (tertiary/aromatic N) is 4. The van der Waals surface area contributed by atoms with Gasteiger partial charge in [0.2, 0.25) is 5.91 Å². The Balaban J connectivity index is 1.50. The molecule has 122 valence electrons. The minimum Gasteiger partial charge on any atom is -0.343 e. The van der Waals surface area contributed by atoms with Crippen LogP contribution < -0.4 is 0 Å². The van der Waals surface area contributed by atoms with Crippen LogP contribution in [0, 0.1) is 13.8 Å². The first-order chi connectivity index (χ1) is 11.1. The largest absolute Gasteiger partial charge is 0.343 e. The van der Waals surface area contributed by atoms with Crippen molar-refractivity contribution in [3.8, 4) is 0 Å². The summed E-state index contributed by atoms with van der Waals surface area (Å²) in [5.41, 5.74) is 4.28. The number of rotatable bonds is 4. The lowest BCUT2D eigenvalue weighted by Gasteiger charge is -2.31. The highest BCUT2D eigenvalue weighted by Gasteiger charge is 2.24. The Morgan fingerprint density at radius 3 is 2.70 bits per heavy atom. The molecular weight excluding hydrogens is 290 g/mol. The van der Waals surface area contributed by atoms with Gasteiger partial charge in [0, 0.05) is 49.7 Å². The molecule has 1 N–H and O–H groups in total. The number of carbonyl (C=O) groups is 1. The van der Waals surface area contributed by atoms with Gasteiger partial charge in [-0.2, -0.15) is 5.10 Å². The molecule has 1 amide bonds. The molecule has 23 heavy (non-hydrogen) atoms. The number of piperidine rings is 1. The van der Waals surface area contributed by atoms with E-state index in [0.29, 0.717) is 12.3 Å². The van der Waals surface area contributed by atoms with Crippen molar-refractivity contribution < 1.29 is 4.79 Å². The van der Waals surface area contributed by atoms with Gasteiger partial charge < -0.3 is 4.90 Å². The summed E-state index contributed by atoms with van der Waals surface area (Å²) in [7, 11) is 0. The smallest absolute Gasteiger partial charge is 0.222 e. The maximum Gasteiger partial charge on any atom is 0.222 e. The van der Waals surface area contributed by atoms with E-state index in [9.17, 15) is 4.79 Å². The van der Waals surface area contributed by atoms with E-state index in [4.69, 9.17) is 0 Å². The summed E-state index contributed by atoms with van der Waals surface area (Å²) >= 11 is 0. The lowest BCUT2D eigenvalue weighted by molar-refractivity contribution is -0.132. The van der Waals surface area contributed by atoms with Crippen LogP contribution in [0.1, 0.15) is 47.8 Å². The molecule has 0 spiro atoms. The predicted octanol–water partition coefficient (Wildman–Crippen LogP) is 2.16. The van der Waals surface area contributed by atoms with Gasteiger partial charge in [0.15, 0.2) is 0 Å². The Labute approximate surface area is 136 Å². The second-order valence-corrected chi connectivity index (χ2v) is 6.20. The molecule has 3 heterocycles. The van der Waals surface area contributed by atoms with Crippen molar-refractivity contribution in [1.29, 1.82) is 0 Å². The second kappa shape index (κ2) is 6.89. The number of amides is 1. The number of likely N-dealkylation sites (tertiary alicyclic amines) is 1. The number of hydrogen-bond donors (Lipinski definition) is 1. The van der Waals surface area contributed by atoms with Crippen molar-refractivity contribution in [2.24, 2.45) is 0 Å². The second-order valence-electron chi connectivity index (χ2n) is 6.20. The lowest BCUT2D eigenvalue weighted by Crippen LogP contribution is -2.38. The molecule has 1 saturated heterocycles.